The molecule has 0 bridgehead atoms. The molecule has 0 saturated heterocycles. The molecule has 5 nitrogen and oxygen atoms in total. The third-order valence-corrected chi connectivity index (χ3v) is 4.21. The Bertz CT molecular complexity index is 666. The molecule has 0 radical (unpaired) electrons. The summed E-state index contributed by atoms with van der Waals surface area (Å²) < 4.78 is 26.5. The number of benzene rings is 1. The maximum absolute atomic E-state index is 12.1. The first-order valence-corrected chi connectivity index (χ1v) is 7.01. The maximum Gasteiger partial charge on any atom is 0.335 e. The average molecular weight is 281 g/mol. The molecule has 1 aromatic rings. The van der Waals surface area contributed by atoms with Gasteiger partial charge in [0.1, 0.15) is 0 Å². The molecular formula is C13H15NO4S. The number of hydrogen-bond donors (Lipinski definition) is 2. The fourth-order valence-electron chi connectivity index (χ4n) is 1.53. The number of aryl methyl sites for hydroxylation is 1. The summed E-state index contributed by atoms with van der Waals surface area (Å²) in [5.74, 6) is 4.01. The third kappa shape index (κ3) is 3.56. The summed E-state index contributed by atoms with van der Waals surface area (Å²) in [6.07, 6.45) is 0. The van der Waals surface area contributed by atoms with Crippen molar-refractivity contribution in [2.45, 2.75) is 25.7 Å². The van der Waals surface area contributed by atoms with Gasteiger partial charge in [-0.05, 0) is 44.0 Å². The van der Waals surface area contributed by atoms with Gasteiger partial charge in [0, 0.05) is 0 Å². The highest BCUT2D eigenvalue weighted by Gasteiger charge is 2.19. The summed E-state index contributed by atoms with van der Waals surface area (Å²) >= 11 is 0. The Morgan fingerprint density at radius 2 is 2.00 bits per heavy atom. The molecule has 0 aromatic heterocycles. The summed E-state index contributed by atoms with van der Waals surface area (Å²) in [5.41, 5.74) is 1.09. The Labute approximate surface area is 112 Å². The van der Waals surface area contributed by atoms with Crippen LogP contribution in [0.4, 0.5) is 0 Å². The van der Waals surface area contributed by atoms with E-state index in [1.54, 1.807) is 20.8 Å². The molecule has 0 aliphatic heterocycles. The molecule has 6 heteroatoms. The summed E-state index contributed by atoms with van der Waals surface area (Å²) in [4.78, 5) is 10.9. The van der Waals surface area contributed by atoms with Crippen molar-refractivity contribution in [3.05, 3.63) is 28.8 Å². The van der Waals surface area contributed by atoms with Gasteiger partial charge < -0.3 is 5.11 Å². The van der Waals surface area contributed by atoms with Crippen molar-refractivity contribution in [2.24, 2.45) is 0 Å². The zero-order valence-electron chi connectivity index (χ0n) is 10.9. The minimum absolute atomic E-state index is 0.00534. The topological polar surface area (TPSA) is 83.5 Å². The van der Waals surface area contributed by atoms with Crippen LogP contribution in [0.2, 0.25) is 0 Å². The zero-order chi connectivity index (χ0) is 14.6. The standard InChI is InChI=1S/C13H15NO4S/c1-4-5-6-14-19(17,18)12-8-11(13(15)16)7-9(2)10(12)3/h7-8,14H,6H2,1-3H3,(H,15,16). The van der Waals surface area contributed by atoms with E-state index in [4.69, 9.17) is 5.11 Å². The lowest BCUT2D eigenvalue weighted by Crippen LogP contribution is -2.25. The number of carboxylic acids is 1. The first-order valence-electron chi connectivity index (χ1n) is 5.53. The molecule has 1 aromatic carbocycles. The Morgan fingerprint density at radius 1 is 1.37 bits per heavy atom. The fourth-order valence-corrected chi connectivity index (χ4v) is 2.79. The van der Waals surface area contributed by atoms with E-state index in [-0.39, 0.29) is 17.0 Å². The van der Waals surface area contributed by atoms with Crippen molar-refractivity contribution < 1.29 is 18.3 Å². The Morgan fingerprint density at radius 3 is 2.53 bits per heavy atom. The lowest BCUT2D eigenvalue weighted by atomic mass is 10.1. The molecule has 0 amide bonds. The minimum Gasteiger partial charge on any atom is -0.478 e. The normalized spacial score (nSPS) is 10.7. The fraction of sp³-hybridized carbons (Fsp3) is 0.308. The van der Waals surface area contributed by atoms with Crippen molar-refractivity contribution >= 4 is 16.0 Å². The number of carbonyl (C=O) groups is 1. The van der Waals surface area contributed by atoms with E-state index in [9.17, 15) is 13.2 Å². The first-order chi connectivity index (χ1) is 8.79. The van der Waals surface area contributed by atoms with Crippen LogP contribution in [0.25, 0.3) is 0 Å². The highest BCUT2D eigenvalue weighted by Crippen LogP contribution is 2.21. The molecule has 102 valence electrons. The highest BCUT2D eigenvalue weighted by molar-refractivity contribution is 7.89. The van der Waals surface area contributed by atoms with Crippen LogP contribution in [-0.4, -0.2) is 26.0 Å². The molecule has 0 aliphatic carbocycles. The van der Waals surface area contributed by atoms with Gasteiger partial charge in [-0.15, -0.1) is 5.92 Å². The minimum atomic E-state index is -3.76. The van der Waals surface area contributed by atoms with E-state index < -0.39 is 16.0 Å². The second-order valence-electron chi connectivity index (χ2n) is 3.97. The van der Waals surface area contributed by atoms with Crippen LogP contribution in [0.5, 0.6) is 0 Å². The molecule has 1 rings (SSSR count). The number of nitrogens with one attached hydrogen (secondary N) is 1. The van der Waals surface area contributed by atoms with Crippen molar-refractivity contribution in [3.63, 3.8) is 0 Å². The van der Waals surface area contributed by atoms with E-state index >= 15 is 0 Å². The monoisotopic (exact) mass is 281 g/mol. The van der Waals surface area contributed by atoms with E-state index in [2.05, 4.69) is 16.6 Å². The van der Waals surface area contributed by atoms with Gasteiger partial charge in [0.2, 0.25) is 10.0 Å². The molecule has 0 heterocycles. The Balaban J connectivity index is 3.31. The van der Waals surface area contributed by atoms with Crippen LogP contribution in [0.15, 0.2) is 17.0 Å². The number of hydrogen-bond acceptors (Lipinski definition) is 3. The predicted octanol–water partition coefficient (Wildman–Crippen LogP) is 1.30. The van der Waals surface area contributed by atoms with Crippen LogP contribution < -0.4 is 4.72 Å². The van der Waals surface area contributed by atoms with E-state index in [1.165, 1.54) is 6.07 Å². The van der Waals surface area contributed by atoms with Crippen LogP contribution in [-0.2, 0) is 10.0 Å². The number of rotatable bonds is 4. The number of aromatic carboxylic acids is 1. The molecule has 2 N–H and O–H groups in total. The molecule has 0 spiro atoms. The van der Waals surface area contributed by atoms with Gasteiger partial charge in [0.05, 0.1) is 17.0 Å². The molecular weight excluding hydrogens is 266 g/mol. The van der Waals surface area contributed by atoms with Gasteiger partial charge in [-0.1, -0.05) is 5.92 Å². The maximum atomic E-state index is 12.1. The van der Waals surface area contributed by atoms with Crippen molar-refractivity contribution in [1.82, 2.24) is 4.72 Å². The molecule has 0 atom stereocenters. The molecule has 0 saturated carbocycles. The van der Waals surface area contributed by atoms with Crippen molar-refractivity contribution in [2.75, 3.05) is 6.54 Å². The highest BCUT2D eigenvalue weighted by atomic mass is 32.2. The molecule has 19 heavy (non-hydrogen) atoms. The second kappa shape index (κ2) is 5.87. The lowest BCUT2D eigenvalue weighted by Gasteiger charge is -2.11. The van der Waals surface area contributed by atoms with Gasteiger partial charge in [-0.25, -0.2) is 13.2 Å². The predicted molar refractivity (Wildman–Crippen MR) is 71.5 cm³/mol. The summed E-state index contributed by atoms with van der Waals surface area (Å²) in [5, 5.41) is 8.97. The van der Waals surface area contributed by atoms with Crippen LogP contribution >= 0.6 is 0 Å². The lowest BCUT2D eigenvalue weighted by molar-refractivity contribution is 0.0696. The molecule has 0 unspecified atom stereocenters. The van der Waals surface area contributed by atoms with Gasteiger partial charge >= 0.3 is 5.97 Å². The second-order valence-corrected chi connectivity index (χ2v) is 5.71. The van der Waals surface area contributed by atoms with Crippen molar-refractivity contribution in [1.29, 1.82) is 0 Å². The Kier molecular flexibility index (Phi) is 4.70. The van der Waals surface area contributed by atoms with E-state index in [1.807, 2.05) is 0 Å². The average Bonchev–Trinajstić information content (AvgIpc) is 2.32. The van der Waals surface area contributed by atoms with Crippen LogP contribution in [0, 0.1) is 25.7 Å². The number of carboxylic acid groups (broad SMARTS) is 1. The molecule has 0 aliphatic rings. The van der Waals surface area contributed by atoms with Gasteiger partial charge in [-0.2, -0.15) is 4.72 Å². The summed E-state index contributed by atoms with van der Waals surface area (Å²) in [6, 6.07) is 2.61. The zero-order valence-corrected chi connectivity index (χ0v) is 11.8. The number of sulfonamides is 1. The largest absolute Gasteiger partial charge is 0.478 e. The summed E-state index contributed by atoms with van der Waals surface area (Å²) in [7, 11) is -3.76. The van der Waals surface area contributed by atoms with Crippen LogP contribution in [0.1, 0.15) is 28.4 Å². The smallest absolute Gasteiger partial charge is 0.335 e. The summed E-state index contributed by atoms with van der Waals surface area (Å²) in [6.45, 7) is 4.91. The first kappa shape index (κ1) is 15.2. The molecule has 0 fully saturated rings. The van der Waals surface area contributed by atoms with Gasteiger partial charge in [0.15, 0.2) is 0 Å². The SMILES string of the molecule is CC#CCNS(=O)(=O)c1cc(C(=O)O)cc(C)c1C. The van der Waals surface area contributed by atoms with Gasteiger partial charge in [0.25, 0.3) is 0 Å². The Hall–Kier alpha value is -1.84. The van der Waals surface area contributed by atoms with E-state index in [0.29, 0.717) is 11.1 Å². The van der Waals surface area contributed by atoms with E-state index in [0.717, 1.165) is 6.07 Å². The van der Waals surface area contributed by atoms with Crippen LogP contribution in [0.3, 0.4) is 0 Å². The van der Waals surface area contributed by atoms with Gasteiger partial charge in [-0.3, -0.25) is 0 Å². The van der Waals surface area contributed by atoms with Crippen molar-refractivity contribution in [3.8, 4) is 11.8 Å². The quantitative estimate of drug-likeness (QED) is 0.815. The third-order valence-electron chi connectivity index (χ3n) is 2.68.